The Kier molecular flexibility index (Phi) is 15.1. The van der Waals surface area contributed by atoms with Gasteiger partial charge < -0.3 is 38.9 Å². The van der Waals surface area contributed by atoms with Crippen molar-refractivity contribution in [2.24, 2.45) is 5.73 Å². The summed E-state index contributed by atoms with van der Waals surface area (Å²) in [6.07, 6.45) is -2.30. The fraction of sp³-hybridized carbons (Fsp3) is 0.667. The van der Waals surface area contributed by atoms with Crippen molar-refractivity contribution in [2.75, 3.05) is 0 Å². The van der Waals surface area contributed by atoms with Crippen molar-refractivity contribution in [3.8, 4) is 11.5 Å². The highest BCUT2D eigenvalue weighted by Gasteiger charge is 2.27. The van der Waals surface area contributed by atoms with Crippen LogP contribution in [0.3, 0.4) is 0 Å². The molecule has 0 saturated heterocycles. The van der Waals surface area contributed by atoms with E-state index in [0.717, 1.165) is 12.8 Å². The van der Waals surface area contributed by atoms with Gasteiger partial charge in [-0.3, -0.25) is 4.79 Å². The highest BCUT2D eigenvalue weighted by Crippen LogP contribution is 2.30. The van der Waals surface area contributed by atoms with Gasteiger partial charge >= 0.3 is 24.4 Å². The summed E-state index contributed by atoms with van der Waals surface area (Å²) in [6, 6.07) is 3.25. The molecule has 0 heterocycles. The number of carbonyl (C=O) groups excluding carboxylic acids is 4. The lowest BCUT2D eigenvalue weighted by atomic mass is 10.1. The molecule has 0 saturated carbocycles. The molecule has 0 aliphatic rings. The molecule has 238 valence electrons. The molecule has 1 aromatic rings. The minimum Gasteiger partial charge on any atom is -0.458 e. The first-order chi connectivity index (χ1) is 19.5. The smallest absolute Gasteiger partial charge is 0.458 e. The normalized spacial score (nSPS) is 14.8. The Labute approximate surface area is 248 Å². The van der Waals surface area contributed by atoms with Crippen LogP contribution in [0, 0.1) is 0 Å². The molecule has 0 bridgehead atoms. The van der Waals surface area contributed by atoms with Gasteiger partial charge in [0.2, 0.25) is 0 Å². The summed E-state index contributed by atoms with van der Waals surface area (Å²) in [7, 11) is 0. The minimum atomic E-state index is -1.11. The lowest BCUT2D eigenvalue weighted by molar-refractivity contribution is -0.156. The number of ether oxygens (including phenoxy) is 7. The van der Waals surface area contributed by atoms with Crippen LogP contribution in [0.15, 0.2) is 18.2 Å². The number of nitrogens with two attached hydrogens (primary N) is 1. The maximum absolute atomic E-state index is 12.7. The van der Waals surface area contributed by atoms with Crippen molar-refractivity contribution in [3.63, 3.8) is 0 Å². The van der Waals surface area contributed by atoms with Crippen LogP contribution in [0.25, 0.3) is 0 Å². The van der Waals surface area contributed by atoms with E-state index in [1.54, 1.807) is 54.5 Å². The van der Waals surface area contributed by atoms with Crippen LogP contribution < -0.4 is 15.2 Å². The monoisotopic (exact) mass is 597 g/mol. The molecule has 0 aliphatic carbocycles. The summed E-state index contributed by atoms with van der Waals surface area (Å²) in [5, 5.41) is 0. The zero-order chi connectivity index (χ0) is 32.0. The van der Waals surface area contributed by atoms with Crippen LogP contribution in [0.5, 0.6) is 11.5 Å². The maximum atomic E-state index is 12.7. The molecule has 3 unspecified atom stereocenters. The summed E-state index contributed by atoms with van der Waals surface area (Å²) >= 11 is 0. The molecule has 12 heteroatoms. The van der Waals surface area contributed by atoms with Gasteiger partial charge in [0.05, 0.1) is 0 Å². The van der Waals surface area contributed by atoms with Crippen LogP contribution in [-0.2, 0) is 34.9 Å². The number of rotatable bonds is 14. The molecule has 0 amide bonds. The van der Waals surface area contributed by atoms with Gasteiger partial charge in [0, 0.05) is 0 Å². The number of hydrogen-bond acceptors (Lipinski definition) is 12. The van der Waals surface area contributed by atoms with Crippen LogP contribution in [0.1, 0.15) is 93.6 Å². The minimum absolute atomic E-state index is 0.0111. The molecule has 2 N–H and O–H groups in total. The Hall–Kier alpha value is -3.54. The zero-order valence-electron chi connectivity index (χ0n) is 26.2. The largest absolute Gasteiger partial charge is 0.514 e. The number of carbonyl (C=O) groups is 4. The third-order valence-corrected chi connectivity index (χ3v) is 5.77. The first-order valence-electron chi connectivity index (χ1n) is 14.3. The average molecular weight is 598 g/mol. The zero-order valence-corrected chi connectivity index (χ0v) is 26.2. The Morgan fingerprint density at radius 1 is 0.738 bits per heavy atom. The van der Waals surface area contributed by atoms with Gasteiger partial charge in [0.25, 0.3) is 0 Å². The van der Waals surface area contributed by atoms with Crippen LogP contribution >= 0.6 is 0 Å². The quantitative estimate of drug-likeness (QED) is 0.146. The van der Waals surface area contributed by atoms with Gasteiger partial charge in [-0.2, -0.15) is 0 Å². The average Bonchev–Trinajstić information content (AvgIpc) is 2.84. The molecule has 0 radical (unpaired) electrons. The molecule has 1 rings (SSSR count). The van der Waals surface area contributed by atoms with E-state index in [0.29, 0.717) is 18.4 Å². The Balaban J connectivity index is 2.97. The van der Waals surface area contributed by atoms with Crippen molar-refractivity contribution in [2.45, 2.75) is 130 Å². The third-order valence-electron chi connectivity index (χ3n) is 5.77. The molecule has 12 nitrogen and oxygen atoms in total. The second-order valence-corrected chi connectivity index (χ2v) is 11.2. The van der Waals surface area contributed by atoms with Crippen molar-refractivity contribution >= 4 is 24.4 Å². The fourth-order valence-electron chi connectivity index (χ4n) is 3.56. The molecular formula is C30H47NO11. The molecule has 0 aromatic heterocycles. The van der Waals surface area contributed by atoms with Crippen molar-refractivity contribution < 1.29 is 52.3 Å². The highest BCUT2D eigenvalue weighted by molar-refractivity contribution is 5.76. The molecule has 0 aliphatic heterocycles. The summed E-state index contributed by atoms with van der Waals surface area (Å²) in [6.45, 7) is 15.6. The molecule has 5 atom stereocenters. The van der Waals surface area contributed by atoms with E-state index < -0.39 is 48.3 Å². The van der Waals surface area contributed by atoms with Gasteiger partial charge in [-0.15, -0.1) is 0 Å². The number of benzene rings is 1. The van der Waals surface area contributed by atoms with Gasteiger partial charge in [0.15, 0.2) is 11.5 Å². The number of esters is 1. The van der Waals surface area contributed by atoms with Crippen molar-refractivity contribution in [1.29, 1.82) is 0 Å². The number of hydrogen-bond donors (Lipinski definition) is 1. The lowest BCUT2D eigenvalue weighted by Crippen LogP contribution is -2.40. The summed E-state index contributed by atoms with van der Waals surface area (Å²) in [5.41, 5.74) is 5.84. The standard InChI is InChI=1S/C30H47NO11/c1-10-12-18(3)36-27(33)40-24-15-14-22(17-25(24)41-28(34)37-19(4)13-11-2)16-23(31)26(32)38-20(5)21(6)39-29(35)42-30(7,8)9/h14-15,17-21,23H,10-13,16,31H2,1-9H3/t18-,19?,20?,21?,23-/m0/s1. The van der Waals surface area contributed by atoms with Gasteiger partial charge in [-0.25, -0.2) is 14.4 Å². The van der Waals surface area contributed by atoms with Gasteiger partial charge in [0.1, 0.15) is 36.1 Å². The molecule has 42 heavy (non-hydrogen) atoms. The van der Waals surface area contributed by atoms with Gasteiger partial charge in [-0.1, -0.05) is 32.8 Å². The van der Waals surface area contributed by atoms with E-state index >= 15 is 0 Å². The van der Waals surface area contributed by atoms with E-state index in [1.807, 2.05) is 13.8 Å². The van der Waals surface area contributed by atoms with E-state index in [1.165, 1.54) is 12.1 Å². The summed E-state index contributed by atoms with van der Waals surface area (Å²) in [5.74, 6) is -0.939. The van der Waals surface area contributed by atoms with E-state index in [4.69, 9.17) is 38.9 Å². The first-order valence-corrected chi connectivity index (χ1v) is 14.3. The molecule has 0 spiro atoms. The van der Waals surface area contributed by atoms with Crippen molar-refractivity contribution in [1.82, 2.24) is 0 Å². The van der Waals surface area contributed by atoms with Gasteiger partial charge in [-0.05, 0) is 85.4 Å². The Morgan fingerprint density at radius 3 is 1.74 bits per heavy atom. The predicted octanol–water partition coefficient (Wildman–Crippen LogP) is 6.24. The molecular weight excluding hydrogens is 550 g/mol. The Bertz CT molecular complexity index is 1040. The summed E-state index contributed by atoms with van der Waals surface area (Å²) < 4.78 is 36.8. The summed E-state index contributed by atoms with van der Waals surface area (Å²) in [4.78, 5) is 49.3. The Morgan fingerprint density at radius 2 is 1.24 bits per heavy atom. The topological polar surface area (TPSA) is 159 Å². The second kappa shape index (κ2) is 17.4. The lowest BCUT2D eigenvalue weighted by Gasteiger charge is -2.24. The van der Waals surface area contributed by atoms with Crippen molar-refractivity contribution in [3.05, 3.63) is 23.8 Å². The van der Waals surface area contributed by atoms with Crippen LogP contribution in [0.2, 0.25) is 0 Å². The first kappa shape index (κ1) is 36.5. The van der Waals surface area contributed by atoms with E-state index in [2.05, 4.69) is 0 Å². The highest BCUT2D eigenvalue weighted by atomic mass is 16.8. The SMILES string of the molecule is CCCC(C)OC(=O)Oc1cc(C[C@H](N)C(=O)OC(C)C(C)OC(=O)OC(C)(C)C)ccc1OC(=O)O[C@@H](C)CCC. The third kappa shape index (κ3) is 14.4. The predicted molar refractivity (Wildman–Crippen MR) is 153 cm³/mol. The van der Waals surface area contributed by atoms with Crippen LogP contribution in [-0.4, -0.2) is 60.5 Å². The molecule has 0 fully saturated rings. The van der Waals surface area contributed by atoms with E-state index in [9.17, 15) is 19.2 Å². The van der Waals surface area contributed by atoms with E-state index in [-0.39, 0.29) is 30.1 Å². The van der Waals surface area contributed by atoms with Crippen LogP contribution in [0.4, 0.5) is 14.4 Å². The molecule has 1 aromatic carbocycles. The maximum Gasteiger partial charge on any atom is 0.514 e. The second-order valence-electron chi connectivity index (χ2n) is 11.2. The fourth-order valence-corrected chi connectivity index (χ4v) is 3.56.